The lowest BCUT2D eigenvalue weighted by Gasteiger charge is -2.12. The van der Waals surface area contributed by atoms with E-state index in [1.807, 2.05) is 13.0 Å². The summed E-state index contributed by atoms with van der Waals surface area (Å²) in [4.78, 5) is 11.1. The van der Waals surface area contributed by atoms with Crippen LogP contribution in [0.25, 0.3) is 0 Å². The maximum Gasteiger partial charge on any atom is 0.339 e. The lowest BCUT2D eigenvalue weighted by Crippen LogP contribution is -2.12. The molecule has 0 aliphatic heterocycles. The smallest absolute Gasteiger partial charge is 0.339 e. The van der Waals surface area contributed by atoms with Crippen LogP contribution in [-0.2, 0) is 0 Å². The molecule has 4 nitrogen and oxygen atoms in total. The van der Waals surface area contributed by atoms with Crippen LogP contribution >= 0.6 is 11.6 Å². The highest BCUT2D eigenvalue weighted by atomic mass is 35.5. The van der Waals surface area contributed by atoms with Crippen LogP contribution < -0.4 is 9.47 Å². The standard InChI is InChI=1S/C16H15ClO4/c1-11-3-2-4-14(16(18)19)15(11)21-10-9-20-13-7-5-12(17)6-8-13/h2-8H,9-10H2,1H3,(H,18,19). The van der Waals surface area contributed by atoms with Crippen LogP contribution in [0.5, 0.6) is 11.5 Å². The number of halogens is 1. The minimum atomic E-state index is -1.01. The van der Waals surface area contributed by atoms with Crippen molar-refractivity contribution in [3.8, 4) is 11.5 Å². The average molecular weight is 307 g/mol. The number of rotatable bonds is 6. The number of carboxylic acids is 1. The summed E-state index contributed by atoms with van der Waals surface area (Å²) in [5.74, 6) is 0.0586. The number of carboxylic acid groups (broad SMARTS) is 1. The van der Waals surface area contributed by atoms with Gasteiger partial charge in [-0.1, -0.05) is 23.7 Å². The van der Waals surface area contributed by atoms with Crippen molar-refractivity contribution in [2.24, 2.45) is 0 Å². The van der Waals surface area contributed by atoms with Gasteiger partial charge in [0, 0.05) is 5.02 Å². The molecule has 0 unspecified atom stereocenters. The van der Waals surface area contributed by atoms with Gasteiger partial charge in [-0.2, -0.15) is 0 Å². The summed E-state index contributed by atoms with van der Waals surface area (Å²) in [7, 11) is 0. The molecule has 21 heavy (non-hydrogen) atoms. The highest BCUT2D eigenvalue weighted by Crippen LogP contribution is 2.23. The van der Waals surface area contributed by atoms with Gasteiger partial charge in [-0.15, -0.1) is 0 Å². The molecule has 0 radical (unpaired) electrons. The van der Waals surface area contributed by atoms with E-state index in [0.29, 0.717) is 23.1 Å². The molecule has 1 N–H and O–H groups in total. The van der Waals surface area contributed by atoms with Gasteiger partial charge in [-0.3, -0.25) is 0 Å². The van der Waals surface area contributed by atoms with E-state index in [2.05, 4.69) is 0 Å². The fourth-order valence-corrected chi connectivity index (χ4v) is 1.97. The minimum Gasteiger partial charge on any atom is -0.490 e. The molecule has 5 heteroatoms. The maximum absolute atomic E-state index is 11.1. The van der Waals surface area contributed by atoms with Gasteiger partial charge < -0.3 is 14.6 Å². The molecule has 0 heterocycles. The Morgan fingerprint density at radius 1 is 1.10 bits per heavy atom. The highest BCUT2D eigenvalue weighted by molar-refractivity contribution is 6.30. The van der Waals surface area contributed by atoms with Crippen molar-refractivity contribution in [3.63, 3.8) is 0 Å². The van der Waals surface area contributed by atoms with E-state index in [0.717, 1.165) is 5.56 Å². The first-order valence-electron chi connectivity index (χ1n) is 6.42. The van der Waals surface area contributed by atoms with Crippen molar-refractivity contribution in [3.05, 3.63) is 58.6 Å². The summed E-state index contributed by atoms with van der Waals surface area (Å²) in [6, 6.07) is 12.0. The SMILES string of the molecule is Cc1cccc(C(=O)O)c1OCCOc1ccc(Cl)cc1. The third-order valence-corrected chi connectivity index (χ3v) is 3.11. The molecule has 0 aliphatic rings. The second kappa shape index (κ2) is 6.99. The monoisotopic (exact) mass is 306 g/mol. The normalized spacial score (nSPS) is 10.2. The Hall–Kier alpha value is -2.20. The molecule has 0 aliphatic carbocycles. The zero-order chi connectivity index (χ0) is 15.2. The number of benzene rings is 2. The Kier molecular flexibility index (Phi) is 5.06. The van der Waals surface area contributed by atoms with Crippen molar-refractivity contribution >= 4 is 17.6 Å². The molecule has 0 saturated carbocycles. The van der Waals surface area contributed by atoms with E-state index in [-0.39, 0.29) is 12.2 Å². The predicted octanol–water partition coefficient (Wildman–Crippen LogP) is 3.80. The number of hydrogen-bond donors (Lipinski definition) is 1. The summed E-state index contributed by atoms with van der Waals surface area (Å²) in [6.45, 7) is 2.38. The lowest BCUT2D eigenvalue weighted by molar-refractivity contribution is 0.0691. The van der Waals surface area contributed by atoms with E-state index in [9.17, 15) is 4.79 Å². The second-order valence-corrected chi connectivity index (χ2v) is 4.84. The number of carbonyl (C=O) groups is 1. The van der Waals surface area contributed by atoms with Crippen molar-refractivity contribution in [1.82, 2.24) is 0 Å². The molecule has 0 aromatic heterocycles. The highest BCUT2D eigenvalue weighted by Gasteiger charge is 2.13. The van der Waals surface area contributed by atoms with E-state index < -0.39 is 5.97 Å². The molecule has 2 rings (SSSR count). The van der Waals surface area contributed by atoms with Gasteiger partial charge in [0.2, 0.25) is 0 Å². The third-order valence-electron chi connectivity index (χ3n) is 2.85. The fourth-order valence-electron chi connectivity index (χ4n) is 1.85. The summed E-state index contributed by atoms with van der Waals surface area (Å²) < 4.78 is 11.0. The molecule has 0 atom stereocenters. The van der Waals surface area contributed by atoms with Gasteiger partial charge in [0.1, 0.15) is 30.3 Å². The summed E-state index contributed by atoms with van der Waals surface area (Å²) >= 11 is 5.78. The van der Waals surface area contributed by atoms with Crippen LogP contribution in [0.2, 0.25) is 5.02 Å². The Labute approximate surface area is 127 Å². The molecule has 2 aromatic carbocycles. The molecular formula is C16H15ClO4. The first-order chi connectivity index (χ1) is 10.1. The zero-order valence-corrected chi connectivity index (χ0v) is 12.3. The predicted molar refractivity (Wildman–Crippen MR) is 80.6 cm³/mol. The third kappa shape index (κ3) is 4.13. The number of para-hydroxylation sites is 1. The number of aryl methyl sites for hydroxylation is 1. The van der Waals surface area contributed by atoms with E-state index >= 15 is 0 Å². The van der Waals surface area contributed by atoms with Crippen LogP contribution in [0.4, 0.5) is 0 Å². The number of hydrogen-bond acceptors (Lipinski definition) is 3. The van der Waals surface area contributed by atoms with Gasteiger partial charge in [0.15, 0.2) is 0 Å². The van der Waals surface area contributed by atoms with Crippen LogP contribution in [0.1, 0.15) is 15.9 Å². The molecule has 0 spiro atoms. The fraction of sp³-hybridized carbons (Fsp3) is 0.188. The van der Waals surface area contributed by atoms with E-state index in [1.165, 1.54) is 6.07 Å². The average Bonchev–Trinajstić information content (AvgIpc) is 2.46. The maximum atomic E-state index is 11.1. The molecule has 110 valence electrons. The van der Waals surface area contributed by atoms with Crippen LogP contribution in [0.15, 0.2) is 42.5 Å². The van der Waals surface area contributed by atoms with Crippen molar-refractivity contribution in [2.75, 3.05) is 13.2 Å². The van der Waals surface area contributed by atoms with Crippen molar-refractivity contribution in [1.29, 1.82) is 0 Å². The molecule has 0 saturated heterocycles. The van der Waals surface area contributed by atoms with E-state index in [4.69, 9.17) is 26.2 Å². The van der Waals surface area contributed by atoms with Crippen molar-refractivity contribution < 1.29 is 19.4 Å². The zero-order valence-electron chi connectivity index (χ0n) is 11.5. The number of ether oxygens (including phenoxy) is 2. The van der Waals surface area contributed by atoms with Crippen molar-refractivity contribution in [2.45, 2.75) is 6.92 Å². The minimum absolute atomic E-state index is 0.154. The van der Waals surface area contributed by atoms with Gasteiger partial charge in [0.25, 0.3) is 0 Å². The Morgan fingerprint density at radius 2 is 1.76 bits per heavy atom. The first-order valence-corrected chi connectivity index (χ1v) is 6.80. The Balaban J connectivity index is 1.92. The number of aromatic carboxylic acids is 1. The summed E-state index contributed by atoms with van der Waals surface area (Å²) in [5.41, 5.74) is 0.933. The van der Waals surface area contributed by atoms with Gasteiger partial charge >= 0.3 is 5.97 Å². The Bertz CT molecular complexity index is 623. The van der Waals surface area contributed by atoms with Gasteiger partial charge in [-0.25, -0.2) is 4.79 Å². The van der Waals surface area contributed by atoms with Crippen LogP contribution in [0.3, 0.4) is 0 Å². The topological polar surface area (TPSA) is 55.8 Å². The summed E-state index contributed by atoms with van der Waals surface area (Å²) in [5, 5.41) is 9.77. The molecular weight excluding hydrogens is 292 g/mol. The lowest BCUT2D eigenvalue weighted by atomic mass is 10.1. The van der Waals surface area contributed by atoms with Gasteiger partial charge in [-0.05, 0) is 42.8 Å². The first kappa shape index (κ1) is 15.2. The summed E-state index contributed by atoms with van der Waals surface area (Å²) in [6.07, 6.45) is 0. The molecule has 0 amide bonds. The second-order valence-electron chi connectivity index (χ2n) is 4.41. The van der Waals surface area contributed by atoms with Crippen LogP contribution in [0, 0.1) is 6.92 Å². The molecule has 0 bridgehead atoms. The molecule has 2 aromatic rings. The largest absolute Gasteiger partial charge is 0.490 e. The molecule has 0 fully saturated rings. The van der Waals surface area contributed by atoms with E-state index in [1.54, 1.807) is 30.3 Å². The Morgan fingerprint density at radius 3 is 2.43 bits per heavy atom. The van der Waals surface area contributed by atoms with Gasteiger partial charge in [0.05, 0.1) is 0 Å². The van der Waals surface area contributed by atoms with Crippen LogP contribution in [-0.4, -0.2) is 24.3 Å². The quantitative estimate of drug-likeness (QED) is 0.825.